The molecule has 1 aliphatic heterocycles. The molecule has 1 saturated heterocycles. The molecule has 0 amide bonds. The Bertz CT molecular complexity index is 185. The number of nitrogens with two attached hydrogens (primary N) is 1. The van der Waals surface area contributed by atoms with Gasteiger partial charge in [-0.3, -0.25) is 0 Å². The number of hydrogen-bond acceptors (Lipinski definition) is 3. The fraction of sp³-hybridized carbons (Fsp3) is 0.900. The minimum atomic E-state index is 0.659. The molecule has 0 aromatic carbocycles. The summed E-state index contributed by atoms with van der Waals surface area (Å²) >= 11 is 0. The Morgan fingerprint density at radius 2 is 2.38 bits per heavy atom. The summed E-state index contributed by atoms with van der Waals surface area (Å²) in [4.78, 5) is 2.45. The lowest BCUT2D eigenvalue weighted by atomic mass is 10.1. The van der Waals surface area contributed by atoms with Crippen molar-refractivity contribution in [1.29, 1.82) is 5.26 Å². The molecule has 2 N–H and O–H groups in total. The van der Waals surface area contributed by atoms with Crippen LogP contribution in [0.2, 0.25) is 0 Å². The van der Waals surface area contributed by atoms with Gasteiger partial charge >= 0.3 is 0 Å². The first kappa shape index (κ1) is 10.5. The zero-order valence-electron chi connectivity index (χ0n) is 8.37. The van der Waals surface area contributed by atoms with Crippen LogP contribution in [0.5, 0.6) is 0 Å². The van der Waals surface area contributed by atoms with Crippen LogP contribution < -0.4 is 5.73 Å². The predicted molar refractivity (Wildman–Crippen MR) is 53.0 cm³/mol. The minimum Gasteiger partial charge on any atom is -0.330 e. The molecule has 13 heavy (non-hydrogen) atoms. The number of unbranched alkanes of at least 4 members (excludes halogenated alkanes) is 1. The van der Waals surface area contributed by atoms with Crippen molar-refractivity contribution in [2.75, 3.05) is 19.6 Å². The summed E-state index contributed by atoms with van der Waals surface area (Å²) in [6.45, 7) is 5.25. The van der Waals surface area contributed by atoms with Gasteiger partial charge in [0, 0.05) is 19.0 Å². The summed E-state index contributed by atoms with van der Waals surface area (Å²) in [5.74, 6) is 0.678. The van der Waals surface area contributed by atoms with Crippen LogP contribution in [0.1, 0.15) is 26.2 Å². The second-order valence-electron chi connectivity index (χ2n) is 3.94. The van der Waals surface area contributed by atoms with Crippen LogP contribution in [-0.4, -0.2) is 30.6 Å². The number of nitriles is 1. The lowest BCUT2D eigenvalue weighted by Gasteiger charge is -2.19. The van der Waals surface area contributed by atoms with Gasteiger partial charge in [-0.05, 0) is 38.8 Å². The first-order valence-electron chi connectivity index (χ1n) is 5.09. The van der Waals surface area contributed by atoms with Gasteiger partial charge in [0.05, 0.1) is 6.07 Å². The van der Waals surface area contributed by atoms with Gasteiger partial charge in [0.1, 0.15) is 0 Å². The second kappa shape index (κ2) is 5.21. The first-order chi connectivity index (χ1) is 6.27. The first-order valence-corrected chi connectivity index (χ1v) is 5.09. The van der Waals surface area contributed by atoms with E-state index in [9.17, 15) is 0 Å². The summed E-state index contributed by atoms with van der Waals surface area (Å²) in [6, 6.07) is 2.84. The maximum Gasteiger partial charge on any atom is 0.0622 e. The molecule has 1 aliphatic rings. The predicted octanol–water partition coefficient (Wildman–Crippen LogP) is 0.959. The van der Waals surface area contributed by atoms with E-state index in [2.05, 4.69) is 17.9 Å². The standard InChI is InChI=1S/C10H19N3/c1-9-6-10(7-12)8-13(9)5-3-2-4-11/h9-10H,2-3,5-8,12H2,1H3. The summed E-state index contributed by atoms with van der Waals surface area (Å²) in [7, 11) is 0. The number of rotatable bonds is 4. The zero-order chi connectivity index (χ0) is 9.68. The molecule has 0 aromatic rings. The molecule has 74 valence electrons. The van der Waals surface area contributed by atoms with E-state index in [-0.39, 0.29) is 0 Å². The molecule has 0 bridgehead atoms. The molecule has 0 radical (unpaired) electrons. The maximum absolute atomic E-state index is 8.42. The Balaban J connectivity index is 2.23. The molecule has 3 heteroatoms. The molecule has 0 saturated carbocycles. The number of nitrogens with zero attached hydrogens (tertiary/aromatic N) is 2. The normalized spacial score (nSPS) is 29.0. The van der Waals surface area contributed by atoms with Crippen LogP contribution in [0.15, 0.2) is 0 Å². The topological polar surface area (TPSA) is 53.0 Å². The van der Waals surface area contributed by atoms with E-state index >= 15 is 0 Å². The molecule has 3 nitrogen and oxygen atoms in total. The van der Waals surface area contributed by atoms with E-state index < -0.39 is 0 Å². The van der Waals surface area contributed by atoms with E-state index in [4.69, 9.17) is 11.0 Å². The van der Waals surface area contributed by atoms with Crippen molar-refractivity contribution < 1.29 is 0 Å². The fourth-order valence-corrected chi connectivity index (χ4v) is 2.06. The van der Waals surface area contributed by atoms with E-state index in [0.717, 1.165) is 26.1 Å². The summed E-state index contributed by atoms with van der Waals surface area (Å²) in [5.41, 5.74) is 5.63. The van der Waals surface area contributed by atoms with Crippen LogP contribution in [0.4, 0.5) is 0 Å². The highest BCUT2D eigenvalue weighted by atomic mass is 15.2. The lowest BCUT2D eigenvalue weighted by molar-refractivity contribution is 0.262. The SMILES string of the molecule is CC1CC(CN)CN1CCCC#N. The molecular formula is C10H19N3. The Morgan fingerprint density at radius 1 is 1.62 bits per heavy atom. The van der Waals surface area contributed by atoms with Gasteiger partial charge in [-0.15, -0.1) is 0 Å². The molecular weight excluding hydrogens is 162 g/mol. The molecule has 0 aliphatic carbocycles. The summed E-state index contributed by atoms with van der Waals surface area (Å²) in [6.07, 6.45) is 2.90. The van der Waals surface area contributed by atoms with Gasteiger partial charge in [0.25, 0.3) is 0 Å². The Morgan fingerprint density at radius 3 is 2.92 bits per heavy atom. The number of likely N-dealkylation sites (tertiary alicyclic amines) is 1. The molecule has 1 fully saturated rings. The highest BCUT2D eigenvalue weighted by Crippen LogP contribution is 2.21. The highest BCUT2D eigenvalue weighted by molar-refractivity contribution is 4.83. The quantitative estimate of drug-likeness (QED) is 0.657. The molecule has 0 spiro atoms. The smallest absolute Gasteiger partial charge is 0.0622 e. The average Bonchev–Trinajstić information content (AvgIpc) is 2.48. The van der Waals surface area contributed by atoms with Crippen LogP contribution in [0, 0.1) is 17.2 Å². The Kier molecular flexibility index (Phi) is 4.20. The van der Waals surface area contributed by atoms with E-state index in [1.54, 1.807) is 0 Å². The van der Waals surface area contributed by atoms with Crippen molar-refractivity contribution in [1.82, 2.24) is 4.90 Å². The van der Waals surface area contributed by atoms with Crippen molar-refractivity contribution in [3.05, 3.63) is 0 Å². The third kappa shape index (κ3) is 2.98. The van der Waals surface area contributed by atoms with Crippen LogP contribution in [0.3, 0.4) is 0 Å². The highest BCUT2D eigenvalue weighted by Gasteiger charge is 2.26. The van der Waals surface area contributed by atoms with Crippen molar-refractivity contribution >= 4 is 0 Å². The number of hydrogen-bond donors (Lipinski definition) is 1. The van der Waals surface area contributed by atoms with Gasteiger partial charge in [0.15, 0.2) is 0 Å². The third-order valence-corrected chi connectivity index (χ3v) is 2.86. The fourth-order valence-electron chi connectivity index (χ4n) is 2.06. The van der Waals surface area contributed by atoms with Gasteiger partial charge in [-0.25, -0.2) is 0 Å². The van der Waals surface area contributed by atoms with Gasteiger partial charge in [0.2, 0.25) is 0 Å². The van der Waals surface area contributed by atoms with Crippen LogP contribution in [-0.2, 0) is 0 Å². The van der Waals surface area contributed by atoms with Gasteiger partial charge in [-0.2, -0.15) is 5.26 Å². The summed E-state index contributed by atoms with van der Waals surface area (Å²) < 4.78 is 0. The average molecular weight is 181 g/mol. The zero-order valence-corrected chi connectivity index (χ0v) is 8.37. The molecule has 2 atom stereocenters. The van der Waals surface area contributed by atoms with Crippen molar-refractivity contribution in [2.45, 2.75) is 32.2 Å². The third-order valence-electron chi connectivity index (χ3n) is 2.86. The maximum atomic E-state index is 8.42. The molecule has 2 unspecified atom stereocenters. The van der Waals surface area contributed by atoms with Crippen molar-refractivity contribution in [3.8, 4) is 6.07 Å². The lowest BCUT2D eigenvalue weighted by Crippen LogP contribution is -2.28. The monoisotopic (exact) mass is 181 g/mol. The van der Waals surface area contributed by atoms with Crippen LogP contribution in [0.25, 0.3) is 0 Å². The minimum absolute atomic E-state index is 0.659. The Hall–Kier alpha value is -0.590. The van der Waals surface area contributed by atoms with Crippen molar-refractivity contribution in [2.24, 2.45) is 11.7 Å². The van der Waals surface area contributed by atoms with E-state index in [0.29, 0.717) is 18.4 Å². The van der Waals surface area contributed by atoms with Gasteiger partial charge in [-0.1, -0.05) is 0 Å². The van der Waals surface area contributed by atoms with Crippen molar-refractivity contribution in [3.63, 3.8) is 0 Å². The van der Waals surface area contributed by atoms with Gasteiger partial charge < -0.3 is 10.6 Å². The van der Waals surface area contributed by atoms with E-state index in [1.165, 1.54) is 6.42 Å². The summed E-state index contributed by atoms with van der Waals surface area (Å²) in [5, 5.41) is 8.42. The van der Waals surface area contributed by atoms with E-state index in [1.807, 2.05) is 0 Å². The van der Waals surface area contributed by atoms with Crippen LogP contribution >= 0.6 is 0 Å². The second-order valence-corrected chi connectivity index (χ2v) is 3.94. The Labute approximate surface area is 80.5 Å². The molecule has 1 rings (SSSR count). The molecule has 0 aromatic heterocycles. The molecule has 1 heterocycles. The largest absolute Gasteiger partial charge is 0.330 e.